The van der Waals surface area contributed by atoms with Crippen LogP contribution < -0.4 is 11.2 Å². The van der Waals surface area contributed by atoms with Crippen molar-refractivity contribution in [3.05, 3.63) is 80.0 Å². The summed E-state index contributed by atoms with van der Waals surface area (Å²) >= 11 is 0. The van der Waals surface area contributed by atoms with Crippen molar-refractivity contribution in [3.63, 3.8) is 0 Å². The molecule has 6 nitrogen and oxygen atoms in total. The molecule has 0 atom stereocenters. The SMILES string of the molecule is CCc1ccc2c(c1)nc1c(=O)[nH]c(=O)nc-1n2CCCc1cccc(C)c1. The second kappa shape index (κ2) is 7.38. The minimum atomic E-state index is -0.642. The number of aromatic amines is 1. The molecule has 2 aliphatic rings. The standard InChI is InChI=1S/C22H22N4O2/c1-3-15-9-10-18-17(13-15)23-19-20(24-22(28)25-21(19)27)26(18)11-5-8-16-7-4-6-14(2)12-16/h4,6-7,9-10,12-13H,3,5,8,11H2,1-2H3,(H,25,27,28). The predicted octanol–water partition coefficient (Wildman–Crippen LogP) is 3.09. The molecular formula is C22H22N4O2. The molecule has 1 N–H and O–H groups in total. The van der Waals surface area contributed by atoms with Gasteiger partial charge in [0.1, 0.15) is 0 Å². The minimum absolute atomic E-state index is 0.205. The molecule has 2 aliphatic heterocycles. The predicted molar refractivity (Wildman–Crippen MR) is 110 cm³/mol. The zero-order valence-corrected chi connectivity index (χ0v) is 16.0. The van der Waals surface area contributed by atoms with Crippen LogP contribution in [0.3, 0.4) is 0 Å². The van der Waals surface area contributed by atoms with Gasteiger partial charge in [0.25, 0.3) is 5.56 Å². The van der Waals surface area contributed by atoms with E-state index in [0.717, 1.165) is 35.9 Å². The summed E-state index contributed by atoms with van der Waals surface area (Å²) in [5.41, 5.74) is 4.35. The van der Waals surface area contributed by atoms with Crippen molar-refractivity contribution in [2.45, 2.75) is 39.7 Å². The molecule has 0 amide bonds. The van der Waals surface area contributed by atoms with Gasteiger partial charge >= 0.3 is 5.69 Å². The van der Waals surface area contributed by atoms with Crippen molar-refractivity contribution >= 4 is 11.0 Å². The Hall–Kier alpha value is -3.28. The van der Waals surface area contributed by atoms with Gasteiger partial charge in [-0.3, -0.25) is 9.78 Å². The second-order valence-electron chi connectivity index (χ2n) is 7.08. The molecule has 0 aromatic heterocycles. The lowest BCUT2D eigenvalue weighted by molar-refractivity contribution is 0.648. The van der Waals surface area contributed by atoms with Crippen LogP contribution >= 0.6 is 0 Å². The van der Waals surface area contributed by atoms with Gasteiger partial charge in [-0.2, -0.15) is 4.98 Å². The Bertz CT molecular complexity index is 1240. The second-order valence-corrected chi connectivity index (χ2v) is 7.08. The zero-order chi connectivity index (χ0) is 19.7. The fourth-order valence-electron chi connectivity index (χ4n) is 3.60. The first-order chi connectivity index (χ1) is 13.5. The minimum Gasteiger partial charge on any atom is -0.322 e. The highest BCUT2D eigenvalue weighted by Crippen LogP contribution is 2.22. The third-order valence-electron chi connectivity index (χ3n) is 5.01. The summed E-state index contributed by atoms with van der Waals surface area (Å²) in [5, 5.41) is 0. The van der Waals surface area contributed by atoms with Crippen LogP contribution in [0.15, 0.2) is 52.1 Å². The molecule has 0 radical (unpaired) electrons. The molecular weight excluding hydrogens is 352 g/mol. The van der Waals surface area contributed by atoms with Crippen LogP contribution in [0, 0.1) is 6.92 Å². The molecule has 0 saturated carbocycles. The van der Waals surface area contributed by atoms with E-state index in [9.17, 15) is 9.59 Å². The molecule has 0 spiro atoms. The lowest BCUT2D eigenvalue weighted by atomic mass is 10.1. The number of H-pyrrole nitrogens is 1. The molecule has 28 heavy (non-hydrogen) atoms. The number of benzene rings is 2. The van der Waals surface area contributed by atoms with Crippen LogP contribution in [0.2, 0.25) is 0 Å². The van der Waals surface area contributed by atoms with Gasteiger partial charge in [0.05, 0.1) is 11.0 Å². The quantitative estimate of drug-likeness (QED) is 0.544. The fraction of sp³-hybridized carbons (Fsp3) is 0.273. The highest BCUT2D eigenvalue weighted by atomic mass is 16.2. The summed E-state index contributed by atoms with van der Waals surface area (Å²) in [6.07, 6.45) is 2.65. The molecule has 142 valence electrons. The number of rotatable bonds is 5. The van der Waals surface area contributed by atoms with Crippen molar-refractivity contribution in [2.75, 3.05) is 0 Å². The van der Waals surface area contributed by atoms with Crippen molar-refractivity contribution in [2.24, 2.45) is 0 Å². The maximum atomic E-state index is 12.3. The molecule has 0 saturated heterocycles. The first-order valence-electron chi connectivity index (χ1n) is 9.54. The Morgan fingerprint density at radius 3 is 2.68 bits per heavy atom. The van der Waals surface area contributed by atoms with Crippen molar-refractivity contribution in [3.8, 4) is 11.5 Å². The van der Waals surface area contributed by atoms with E-state index in [-0.39, 0.29) is 5.69 Å². The van der Waals surface area contributed by atoms with E-state index >= 15 is 0 Å². The number of nitrogens with one attached hydrogen (secondary N) is 1. The van der Waals surface area contributed by atoms with Gasteiger partial charge < -0.3 is 4.57 Å². The number of fused-ring (bicyclic) bond motifs is 2. The highest BCUT2D eigenvalue weighted by Gasteiger charge is 2.18. The Labute approximate surface area is 162 Å². The summed E-state index contributed by atoms with van der Waals surface area (Å²) in [6, 6.07) is 14.5. The van der Waals surface area contributed by atoms with Crippen molar-refractivity contribution in [1.82, 2.24) is 19.5 Å². The van der Waals surface area contributed by atoms with Gasteiger partial charge in [-0.25, -0.2) is 9.78 Å². The maximum Gasteiger partial charge on any atom is 0.349 e. The third-order valence-corrected chi connectivity index (χ3v) is 5.01. The Morgan fingerprint density at radius 1 is 1.04 bits per heavy atom. The molecule has 0 bridgehead atoms. The zero-order valence-electron chi connectivity index (χ0n) is 16.0. The van der Waals surface area contributed by atoms with Crippen LogP contribution in [0.1, 0.15) is 30.0 Å². The first kappa shape index (κ1) is 18.1. The van der Waals surface area contributed by atoms with Crippen LogP contribution in [-0.2, 0) is 19.4 Å². The van der Waals surface area contributed by atoms with Gasteiger partial charge in [-0.1, -0.05) is 42.8 Å². The monoisotopic (exact) mass is 374 g/mol. The summed E-state index contributed by atoms with van der Waals surface area (Å²) in [7, 11) is 0. The number of hydrogen-bond acceptors (Lipinski definition) is 4. The lowest BCUT2D eigenvalue weighted by Crippen LogP contribution is -2.29. The Balaban J connectivity index is 1.79. The molecule has 4 rings (SSSR count). The van der Waals surface area contributed by atoms with E-state index in [2.05, 4.69) is 59.1 Å². The summed E-state index contributed by atoms with van der Waals surface area (Å²) in [4.78, 5) is 34.9. The van der Waals surface area contributed by atoms with Gasteiger partial charge in [-0.15, -0.1) is 0 Å². The third kappa shape index (κ3) is 3.45. The molecule has 0 fully saturated rings. The molecule has 0 aliphatic carbocycles. The number of nitrogens with zero attached hydrogens (tertiary/aromatic N) is 3. The summed E-state index contributed by atoms with van der Waals surface area (Å²) in [6.45, 7) is 4.81. The van der Waals surface area contributed by atoms with Crippen LogP contribution in [0.4, 0.5) is 0 Å². The largest absolute Gasteiger partial charge is 0.349 e. The van der Waals surface area contributed by atoms with E-state index < -0.39 is 11.2 Å². The average molecular weight is 374 g/mol. The van der Waals surface area contributed by atoms with E-state index in [1.807, 2.05) is 16.7 Å². The van der Waals surface area contributed by atoms with Gasteiger partial charge in [0.15, 0.2) is 11.5 Å². The van der Waals surface area contributed by atoms with E-state index in [4.69, 9.17) is 0 Å². The summed E-state index contributed by atoms with van der Waals surface area (Å²) < 4.78 is 1.95. The Morgan fingerprint density at radius 2 is 1.89 bits per heavy atom. The normalized spacial score (nSPS) is 11.4. The number of hydrogen-bond donors (Lipinski definition) is 1. The highest BCUT2D eigenvalue weighted by molar-refractivity contribution is 5.80. The average Bonchev–Trinajstić information content (AvgIpc) is 2.67. The fourth-order valence-corrected chi connectivity index (χ4v) is 3.60. The van der Waals surface area contributed by atoms with Gasteiger partial charge in [0.2, 0.25) is 0 Å². The molecule has 2 heterocycles. The first-order valence-corrected chi connectivity index (χ1v) is 9.54. The van der Waals surface area contributed by atoms with E-state index in [1.165, 1.54) is 11.1 Å². The molecule has 0 unspecified atom stereocenters. The van der Waals surface area contributed by atoms with Crippen molar-refractivity contribution < 1.29 is 0 Å². The number of aromatic nitrogens is 4. The van der Waals surface area contributed by atoms with Gasteiger partial charge in [-0.05, 0) is 49.4 Å². The number of aryl methyl sites for hydroxylation is 4. The smallest absolute Gasteiger partial charge is 0.322 e. The van der Waals surface area contributed by atoms with Crippen LogP contribution in [0.5, 0.6) is 0 Å². The van der Waals surface area contributed by atoms with Gasteiger partial charge in [0, 0.05) is 6.54 Å². The maximum absolute atomic E-state index is 12.3. The van der Waals surface area contributed by atoms with E-state index in [0.29, 0.717) is 12.4 Å². The molecule has 2 aromatic carbocycles. The molecule has 6 heteroatoms. The molecule has 2 aromatic rings. The van der Waals surface area contributed by atoms with Crippen LogP contribution in [-0.4, -0.2) is 19.5 Å². The van der Waals surface area contributed by atoms with E-state index in [1.54, 1.807) is 0 Å². The topological polar surface area (TPSA) is 80.6 Å². The lowest BCUT2D eigenvalue weighted by Gasteiger charge is -2.17. The van der Waals surface area contributed by atoms with Crippen molar-refractivity contribution in [1.29, 1.82) is 0 Å². The summed E-state index contributed by atoms with van der Waals surface area (Å²) in [5.74, 6) is 0.342. The van der Waals surface area contributed by atoms with Crippen LogP contribution in [0.25, 0.3) is 22.6 Å². The Kier molecular flexibility index (Phi) is 4.77.